The molecule has 1 N–H and O–H groups in total. The first-order chi connectivity index (χ1) is 9.26. The number of carboxylic acids is 1. The van der Waals surface area contributed by atoms with Gasteiger partial charge in [0.25, 0.3) is 0 Å². The largest absolute Gasteiger partial charge is 0.481 e. The van der Waals surface area contributed by atoms with Crippen molar-refractivity contribution < 1.29 is 18.3 Å². The molecule has 0 unspecified atom stereocenters. The van der Waals surface area contributed by atoms with E-state index in [-0.39, 0.29) is 27.9 Å². The van der Waals surface area contributed by atoms with Gasteiger partial charge in [-0.05, 0) is 25.0 Å². The van der Waals surface area contributed by atoms with Gasteiger partial charge in [0.2, 0.25) is 10.0 Å². The van der Waals surface area contributed by atoms with E-state index >= 15 is 0 Å². The van der Waals surface area contributed by atoms with Crippen LogP contribution < -0.4 is 0 Å². The maximum atomic E-state index is 12.3. The molecule has 8 heteroatoms. The van der Waals surface area contributed by atoms with Gasteiger partial charge in [-0.1, -0.05) is 29.3 Å². The van der Waals surface area contributed by atoms with Crippen molar-refractivity contribution in [3.63, 3.8) is 0 Å². The standard InChI is InChI=1S/C12H15Cl2NO4S/c1-15(8-3-2-7-11(16)17)20(18,19)12-9(13)5-4-6-10(12)14/h4-6H,2-3,7-8H2,1H3,(H,16,17). The van der Waals surface area contributed by atoms with Gasteiger partial charge in [0.15, 0.2) is 0 Å². The summed E-state index contributed by atoms with van der Waals surface area (Å²) < 4.78 is 25.8. The Morgan fingerprint density at radius 2 is 1.80 bits per heavy atom. The quantitative estimate of drug-likeness (QED) is 0.775. The molecule has 1 rings (SSSR count). The lowest BCUT2D eigenvalue weighted by molar-refractivity contribution is -0.137. The molecule has 1 aromatic rings. The van der Waals surface area contributed by atoms with Gasteiger partial charge in [-0.2, -0.15) is 0 Å². The predicted molar refractivity (Wildman–Crippen MR) is 77.8 cm³/mol. The van der Waals surface area contributed by atoms with E-state index in [1.54, 1.807) is 6.07 Å². The summed E-state index contributed by atoms with van der Waals surface area (Å²) in [5, 5.41) is 8.65. The van der Waals surface area contributed by atoms with Crippen molar-refractivity contribution in [3.8, 4) is 0 Å². The summed E-state index contributed by atoms with van der Waals surface area (Å²) in [5.41, 5.74) is 0. The van der Waals surface area contributed by atoms with Gasteiger partial charge in [0, 0.05) is 20.0 Å². The highest BCUT2D eigenvalue weighted by molar-refractivity contribution is 7.89. The SMILES string of the molecule is CN(CCCCC(=O)O)S(=O)(=O)c1c(Cl)cccc1Cl. The van der Waals surface area contributed by atoms with E-state index in [1.807, 2.05) is 0 Å². The third-order valence-electron chi connectivity index (χ3n) is 2.70. The van der Waals surface area contributed by atoms with E-state index in [9.17, 15) is 13.2 Å². The van der Waals surface area contributed by atoms with Crippen LogP contribution in [-0.4, -0.2) is 37.4 Å². The van der Waals surface area contributed by atoms with Crippen molar-refractivity contribution in [2.24, 2.45) is 0 Å². The number of carbonyl (C=O) groups is 1. The van der Waals surface area contributed by atoms with Crippen molar-refractivity contribution in [2.75, 3.05) is 13.6 Å². The summed E-state index contributed by atoms with van der Waals surface area (Å²) in [6, 6.07) is 4.48. The molecular weight excluding hydrogens is 325 g/mol. The minimum atomic E-state index is -3.78. The lowest BCUT2D eigenvalue weighted by atomic mass is 10.2. The third kappa shape index (κ3) is 4.34. The fraction of sp³-hybridized carbons (Fsp3) is 0.417. The second kappa shape index (κ2) is 7.26. The average Bonchev–Trinajstić information content (AvgIpc) is 2.33. The number of aliphatic carboxylic acids is 1. The summed E-state index contributed by atoms with van der Waals surface area (Å²) >= 11 is 11.8. The van der Waals surface area contributed by atoms with E-state index in [4.69, 9.17) is 28.3 Å². The van der Waals surface area contributed by atoms with Crippen molar-refractivity contribution in [1.29, 1.82) is 0 Å². The van der Waals surface area contributed by atoms with E-state index in [2.05, 4.69) is 0 Å². The molecule has 0 radical (unpaired) electrons. The Labute approximate surface area is 128 Å². The van der Waals surface area contributed by atoms with Crippen LogP contribution in [0.25, 0.3) is 0 Å². The Bertz CT molecular complexity index is 569. The van der Waals surface area contributed by atoms with Crippen LogP contribution in [0, 0.1) is 0 Å². The van der Waals surface area contributed by atoms with Crippen LogP contribution in [0.1, 0.15) is 19.3 Å². The van der Waals surface area contributed by atoms with Gasteiger partial charge in [0.05, 0.1) is 10.0 Å². The molecule has 0 amide bonds. The number of sulfonamides is 1. The molecule has 0 atom stereocenters. The van der Waals surface area contributed by atoms with Crippen LogP contribution in [-0.2, 0) is 14.8 Å². The first-order valence-electron chi connectivity index (χ1n) is 5.89. The minimum absolute atomic E-state index is 0.0146. The highest BCUT2D eigenvalue weighted by Gasteiger charge is 2.25. The van der Waals surface area contributed by atoms with E-state index in [1.165, 1.54) is 19.2 Å². The zero-order valence-corrected chi connectivity index (χ0v) is 13.2. The van der Waals surface area contributed by atoms with E-state index in [0.717, 1.165) is 4.31 Å². The molecule has 0 saturated carbocycles. The second-order valence-electron chi connectivity index (χ2n) is 4.23. The summed E-state index contributed by atoms with van der Waals surface area (Å²) in [6.07, 6.45) is 0.871. The van der Waals surface area contributed by atoms with Crippen LogP contribution in [0.4, 0.5) is 0 Å². The van der Waals surface area contributed by atoms with Crippen molar-refractivity contribution >= 4 is 39.2 Å². The normalized spacial score (nSPS) is 11.8. The molecule has 0 aliphatic rings. The van der Waals surface area contributed by atoms with Gasteiger partial charge in [-0.15, -0.1) is 0 Å². The summed E-state index contributed by atoms with van der Waals surface area (Å²) in [5.74, 6) is -0.898. The highest BCUT2D eigenvalue weighted by Crippen LogP contribution is 2.31. The fourth-order valence-corrected chi connectivity index (χ4v) is 3.91. The van der Waals surface area contributed by atoms with Crippen LogP contribution in [0.5, 0.6) is 0 Å². The Kier molecular flexibility index (Phi) is 6.26. The monoisotopic (exact) mass is 339 g/mol. The van der Waals surface area contributed by atoms with Crippen molar-refractivity contribution in [3.05, 3.63) is 28.2 Å². The van der Waals surface area contributed by atoms with Gasteiger partial charge in [0.1, 0.15) is 4.90 Å². The second-order valence-corrected chi connectivity index (χ2v) is 7.02. The molecular formula is C12H15Cl2NO4S. The van der Waals surface area contributed by atoms with Crippen molar-refractivity contribution in [2.45, 2.75) is 24.2 Å². The number of halogens is 2. The third-order valence-corrected chi connectivity index (χ3v) is 5.51. The zero-order chi connectivity index (χ0) is 15.3. The Morgan fingerprint density at radius 3 is 2.30 bits per heavy atom. The van der Waals surface area contributed by atoms with E-state index < -0.39 is 16.0 Å². The van der Waals surface area contributed by atoms with Gasteiger partial charge >= 0.3 is 5.97 Å². The Hall–Kier alpha value is -0.820. The van der Waals surface area contributed by atoms with Crippen LogP contribution >= 0.6 is 23.2 Å². The lowest BCUT2D eigenvalue weighted by Gasteiger charge is -2.18. The molecule has 0 spiro atoms. The molecule has 0 aliphatic carbocycles. The number of rotatable bonds is 7. The van der Waals surface area contributed by atoms with Crippen LogP contribution in [0.3, 0.4) is 0 Å². The molecule has 1 aromatic carbocycles. The molecule has 0 aliphatic heterocycles. The average molecular weight is 340 g/mol. The zero-order valence-electron chi connectivity index (χ0n) is 10.8. The van der Waals surface area contributed by atoms with Gasteiger partial charge in [-0.25, -0.2) is 12.7 Å². The molecule has 0 heterocycles. The Balaban J connectivity index is 2.80. The summed E-state index contributed by atoms with van der Waals surface area (Å²) in [4.78, 5) is 10.3. The minimum Gasteiger partial charge on any atom is -0.481 e. The number of benzene rings is 1. The summed E-state index contributed by atoms with van der Waals surface area (Å²) in [7, 11) is -2.37. The van der Waals surface area contributed by atoms with Crippen LogP contribution in [0.15, 0.2) is 23.1 Å². The predicted octanol–water partition coefficient (Wildman–Crippen LogP) is 2.87. The van der Waals surface area contributed by atoms with Crippen LogP contribution in [0.2, 0.25) is 10.0 Å². The molecule has 0 saturated heterocycles. The smallest absolute Gasteiger partial charge is 0.303 e. The number of nitrogens with zero attached hydrogens (tertiary/aromatic N) is 1. The Morgan fingerprint density at radius 1 is 1.25 bits per heavy atom. The number of unbranched alkanes of at least 4 members (excludes halogenated alkanes) is 1. The molecule has 112 valence electrons. The first kappa shape index (κ1) is 17.2. The van der Waals surface area contributed by atoms with Gasteiger partial charge in [-0.3, -0.25) is 4.79 Å². The molecule has 0 aromatic heterocycles. The first-order valence-corrected chi connectivity index (χ1v) is 8.08. The van der Waals surface area contributed by atoms with Crippen molar-refractivity contribution in [1.82, 2.24) is 4.31 Å². The maximum absolute atomic E-state index is 12.3. The molecule has 0 bridgehead atoms. The number of hydrogen-bond donors (Lipinski definition) is 1. The molecule has 5 nitrogen and oxygen atoms in total. The number of carboxylic acid groups (broad SMARTS) is 1. The maximum Gasteiger partial charge on any atom is 0.303 e. The molecule has 20 heavy (non-hydrogen) atoms. The highest BCUT2D eigenvalue weighted by atomic mass is 35.5. The lowest BCUT2D eigenvalue weighted by Crippen LogP contribution is -2.28. The topological polar surface area (TPSA) is 74.7 Å². The summed E-state index contributed by atoms with van der Waals surface area (Å²) in [6.45, 7) is 0.206. The van der Waals surface area contributed by atoms with E-state index in [0.29, 0.717) is 12.8 Å². The molecule has 0 fully saturated rings. The fourth-order valence-electron chi connectivity index (χ4n) is 1.62. The van der Waals surface area contributed by atoms with Gasteiger partial charge < -0.3 is 5.11 Å². The number of hydrogen-bond acceptors (Lipinski definition) is 3.